The number of carbonyl (C=O) groups excluding carboxylic acids is 1. The molecule has 1 atom stereocenters. The van der Waals surface area contributed by atoms with E-state index in [1.807, 2.05) is 36.7 Å². The highest BCUT2D eigenvalue weighted by molar-refractivity contribution is 6.31. The lowest BCUT2D eigenvalue weighted by atomic mass is 9.92. The van der Waals surface area contributed by atoms with Crippen molar-refractivity contribution < 1.29 is 19.4 Å². The Labute approximate surface area is 183 Å². The van der Waals surface area contributed by atoms with Gasteiger partial charge in [-0.3, -0.25) is 4.79 Å². The molecule has 0 aliphatic carbocycles. The van der Waals surface area contributed by atoms with Gasteiger partial charge in [0, 0.05) is 24.7 Å². The Hall–Kier alpha value is -2.02. The van der Waals surface area contributed by atoms with Crippen LogP contribution in [0.15, 0.2) is 24.3 Å². The molecule has 0 amide bonds. The van der Waals surface area contributed by atoms with Crippen LogP contribution in [0.2, 0.25) is 5.02 Å². The van der Waals surface area contributed by atoms with Crippen molar-refractivity contribution >= 4 is 17.4 Å². The summed E-state index contributed by atoms with van der Waals surface area (Å²) in [5.41, 5.74) is 8.12. The molecule has 166 valence electrons. The van der Waals surface area contributed by atoms with Crippen LogP contribution >= 0.6 is 11.6 Å². The number of aliphatic hydroxyl groups is 1. The number of Topliss-reactive ketones (excluding diaryl/α,β-unsaturated/α-hetero) is 1. The molecule has 1 aromatic heterocycles. The Morgan fingerprint density at radius 2 is 1.90 bits per heavy atom. The second-order valence-corrected chi connectivity index (χ2v) is 8.13. The Morgan fingerprint density at radius 3 is 2.50 bits per heavy atom. The van der Waals surface area contributed by atoms with E-state index < -0.39 is 5.54 Å². The lowest BCUT2D eigenvalue weighted by Gasteiger charge is -2.25. The van der Waals surface area contributed by atoms with Gasteiger partial charge in [0.15, 0.2) is 17.3 Å². The number of aliphatic hydroxyl groups excluding tert-OH is 1. The van der Waals surface area contributed by atoms with Gasteiger partial charge in [-0.25, -0.2) is 0 Å². The summed E-state index contributed by atoms with van der Waals surface area (Å²) in [4.78, 5) is 12.8. The fraction of sp³-hybridized carbons (Fsp3) is 0.522. The summed E-state index contributed by atoms with van der Waals surface area (Å²) in [6.45, 7) is 1.88. The first kappa shape index (κ1) is 24.3. The number of aryl methyl sites for hydroxylation is 1. The van der Waals surface area contributed by atoms with E-state index in [1.165, 1.54) is 0 Å². The molecule has 7 heteroatoms. The van der Waals surface area contributed by atoms with Crippen LogP contribution in [0.5, 0.6) is 11.5 Å². The Kier molecular flexibility index (Phi) is 8.77. The van der Waals surface area contributed by atoms with Crippen LogP contribution < -0.4 is 15.2 Å². The molecule has 1 unspecified atom stereocenters. The monoisotopic (exact) mass is 436 g/mol. The predicted octanol–water partition coefficient (Wildman–Crippen LogP) is 3.93. The fourth-order valence-electron chi connectivity index (χ4n) is 3.51. The molecule has 1 aromatic carbocycles. The number of halogens is 1. The average molecular weight is 437 g/mol. The Bertz CT molecular complexity index is 859. The number of hydrogen-bond acceptors (Lipinski definition) is 5. The van der Waals surface area contributed by atoms with Crippen LogP contribution in [0.1, 0.15) is 54.4 Å². The van der Waals surface area contributed by atoms with Gasteiger partial charge in [0.2, 0.25) is 0 Å². The maximum Gasteiger partial charge on any atom is 0.179 e. The third kappa shape index (κ3) is 5.78. The number of aromatic nitrogens is 1. The molecule has 0 saturated heterocycles. The number of ketones is 1. The number of benzene rings is 1. The smallest absolute Gasteiger partial charge is 0.179 e. The first-order chi connectivity index (χ1) is 14.3. The Morgan fingerprint density at radius 1 is 1.20 bits per heavy atom. The third-order valence-corrected chi connectivity index (χ3v) is 6.11. The zero-order chi connectivity index (χ0) is 22.3. The summed E-state index contributed by atoms with van der Waals surface area (Å²) in [6.07, 6.45) is 3.80. The summed E-state index contributed by atoms with van der Waals surface area (Å²) < 4.78 is 12.4. The number of rotatable bonds is 12. The molecule has 0 aliphatic heterocycles. The lowest BCUT2D eigenvalue weighted by Crippen LogP contribution is -2.43. The normalized spacial score (nSPS) is 13.2. The van der Waals surface area contributed by atoms with E-state index in [4.69, 9.17) is 26.8 Å². The average Bonchev–Trinajstić information content (AvgIpc) is 3.05. The van der Waals surface area contributed by atoms with Crippen LogP contribution in [0.4, 0.5) is 0 Å². The van der Waals surface area contributed by atoms with Crippen LogP contribution in [-0.4, -0.2) is 41.8 Å². The Balaban J connectivity index is 1.99. The third-order valence-electron chi connectivity index (χ3n) is 5.79. The van der Waals surface area contributed by atoms with Crippen molar-refractivity contribution in [3.63, 3.8) is 0 Å². The number of ether oxygens (including phenoxy) is 2. The fourth-order valence-corrected chi connectivity index (χ4v) is 3.84. The molecule has 0 bridgehead atoms. The lowest BCUT2D eigenvalue weighted by molar-refractivity contribution is 0.0972. The molecule has 2 rings (SSSR count). The number of nitrogens with zero attached hydrogens (tertiary/aromatic N) is 1. The molecular weight excluding hydrogens is 404 g/mol. The van der Waals surface area contributed by atoms with Gasteiger partial charge in [-0.05, 0) is 55.9 Å². The maximum absolute atomic E-state index is 12.8. The molecule has 0 aliphatic rings. The van der Waals surface area contributed by atoms with E-state index >= 15 is 0 Å². The van der Waals surface area contributed by atoms with Gasteiger partial charge in [0.05, 0.1) is 31.5 Å². The van der Waals surface area contributed by atoms with Crippen molar-refractivity contribution in [1.82, 2.24) is 4.57 Å². The first-order valence-electron chi connectivity index (χ1n) is 10.3. The molecular formula is C23H33ClN2O4. The van der Waals surface area contributed by atoms with Crippen molar-refractivity contribution in [2.45, 2.75) is 51.0 Å². The van der Waals surface area contributed by atoms with Crippen LogP contribution in [0.25, 0.3) is 0 Å². The van der Waals surface area contributed by atoms with Crippen molar-refractivity contribution in [3.8, 4) is 11.5 Å². The molecule has 3 N–H and O–H groups in total. The highest BCUT2D eigenvalue weighted by Gasteiger charge is 2.24. The maximum atomic E-state index is 12.8. The highest BCUT2D eigenvalue weighted by Crippen LogP contribution is 2.29. The minimum absolute atomic E-state index is 0.0581. The van der Waals surface area contributed by atoms with E-state index in [9.17, 15) is 9.90 Å². The number of methoxy groups -OCH3 is 2. The number of nitrogens with two attached hydrogens (primary N) is 1. The minimum Gasteiger partial charge on any atom is -0.493 e. The van der Waals surface area contributed by atoms with Crippen molar-refractivity contribution in [1.29, 1.82) is 0 Å². The van der Waals surface area contributed by atoms with Gasteiger partial charge in [-0.2, -0.15) is 0 Å². The summed E-state index contributed by atoms with van der Waals surface area (Å²) in [5.74, 6) is 1.43. The van der Waals surface area contributed by atoms with E-state index in [2.05, 4.69) is 0 Å². The second kappa shape index (κ2) is 10.8. The summed E-state index contributed by atoms with van der Waals surface area (Å²) in [5, 5.41) is 10.1. The SMILES string of the molecule is CCC(N)(CO)CCc1c(Cl)cc(C(=O)CCCc2ccc(OC)c(OC)c2)n1C. The van der Waals surface area contributed by atoms with Gasteiger partial charge in [-0.1, -0.05) is 24.6 Å². The molecule has 0 radical (unpaired) electrons. The van der Waals surface area contributed by atoms with E-state index in [1.54, 1.807) is 20.3 Å². The number of carbonyl (C=O) groups is 1. The van der Waals surface area contributed by atoms with Gasteiger partial charge in [0.25, 0.3) is 0 Å². The van der Waals surface area contributed by atoms with E-state index in [0.29, 0.717) is 47.9 Å². The molecule has 1 heterocycles. The number of hydrogen-bond donors (Lipinski definition) is 2. The molecule has 30 heavy (non-hydrogen) atoms. The zero-order valence-corrected chi connectivity index (χ0v) is 19.1. The van der Waals surface area contributed by atoms with E-state index in [-0.39, 0.29) is 12.4 Å². The van der Waals surface area contributed by atoms with Crippen molar-refractivity contribution in [2.24, 2.45) is 12.8 Å². The zero-order valence-electron chi connectivity index (χ0n) is 18.3. The summed E-state index contributed by atoms with van der Waals surface area (Å²) >= 11 is 6.40. The van der Waals surface area contributed by atoms with E-state index in [0.717, 1.165) is 24.1 Å². The quantitative estimate of drug-likeness (QED) is 0.492. The van der Waals surface area contributed by atoms with Crippen molar-refractivity contribution in [3.05, 3.63) is 46.2 Å². The standard InChI is InChI=1S/C23H33ClN2O4/c1-5-23(25,15-27)12-11-18-17(24)14-19(26(18)2)20(28)8-6-7-16-9-10-21(29-3)22(13-16)30-4/h9-10,13-14,27H,5-8,11-12,15,25H2,1-4H3. The predicted molar refractivity (Wildman–Crippen MR) is 120 cm³/mol. The molecule has 6 nitrogen and oxygen atoms in total. The minimum atomic E-state index is -0.628. The molecule has 2 aromatic rings. The summed E-state index contributed by atoms with van der Waals surface area (Å²) in [7, 11) is 5.07. The molecule has 0 spiro atoms. The largest absolute Gasteiger partial charge is 0.493 e. The van der Waals surface area contributed by atoms with Gasteiger partial charge in [-0.15, -0.1) is 0 Å². The van der Waals surface area contributed by atoms with Crippen LogP contribution in [0, 0.1) is 0 Å². The van der Waals surface area contributed by atoms with Gasteiger partial charge >= 0.3 is 0 Å². The van der Waals surface area contributed by atoms with Crippen LogP contribution in [0.3, 0.4) is 0 Å². The van der Waals surface area contributed by atoms with Crippen molar-refractivity contribution in [2.75, 3.05) is 20.8 Å². The van der Waals surface area contributed by atoms with Crippen LogP contribution in [-0.2, 0) is 19.9 Å². The summed E-state index contributed by atoms with van der Waals surface area (Å²) in [6, 6.07) is 7.53. The van der Waals surface area contributed by atoms with Gasteiger partial charge in [0.1, 0.15) is 0 Å². The highest BCUT2D eigenvalue weighted by atomic mass is 35.5. The topological polar surface area (TPSA) is 86.7 Å². The second-order valence-electron chi connectivity index (χ2n) is 7.72. The first-order valence-corrected chi connectivity index (χ1v) is 10.6. The molecule has 0 saturated carbocycles. The van der Waals surface area contributed by atoms with Gasteiger partial charge < -0.3 is 24.9 Å². The molecule has 0 fully saturated rings.